The van der Waals surface area contributed by atoms with Gasteiger partial charge in [-0.05, 0) is 13.0 Å². The smallest absolute Gasteiger partial charge is 0.169 e. The molecule has 0 amide bonds. The van der Waals surface area contributed by atoms with Crippen molar-refractivity contribution in [3.05, 3.63) is 29.6 Å². The van der Waals surface area contributed by atoms with Crippen molar-refractivity contribution in [2.75, 3.05) is 0 Å². The summed E-state index contributed by atoms with van der Waals surface area (Å²) in [7, 11) is 0. The maximum atomic E-state index is 12.9. The SMILES string of the molecule is CC(N)c1cccc(O)c1F. The van der Waals surface area contributed by atoms with Crippen LogP contribution in [0.3, 0.4) is 0 Å². The molecule has 0 saturated heterocycles. The first-order valence-corrected chi connectivity index (χ1v) is 3.36. The standard InChI is InChI=1S/C8H10FNO/c1-5(10)6-3-2-4-7(11)8(6)9/h2-5,11H,10H2,1H3. The second kappa shape index (κ2) is 2.88. The van der Waals surface area contributed by atoms with Gasteiger partial charge in [0.2, 0.25) is 0 Å². The highest BCUT2D eigenvalue weighted by Gasteiger charge is 2.09. The van der Waals surface area contributed by atoms with Crippen molar-refractivity contribution >= 4 is 0 Å². The lowest BCUT2D eigenvalue weighted by molar-refractivity contribution is 0.426. The van der Waals surface area contributed by atoms with Gasteiger partial charge < -0.3 is 10.8 Å². The molecule has 3 heteroatoms. The number of hydrogen-bond donors (Lipinski definition) is 2. The average Bonchev–Trinajstić information content (AvgIpc) is 1.94. The number of nitrogens with two attached hydrogens (primary N) is 1. The molecule has 1 rings (SSSR count). The van der Waals surface area contributed by atoms with Crippen LogP contribution >= 0.6 is 0 Å². The van der Waals surface area contributed by atoms with E-state index in [1.54, 1.807) is 19.1 Å². The van der Waals surface area contributed by atoms with Crippen molar-refractivity contribution in [3.8, 4) is 5.75 Å². The fourth-order valence-corrected chi connectivity index (χ4v) is 0.889. The molecule has 0 fully saturated rings. The highest BCUT2D eigenvalue weighted by atomic mass is 19.1. The van der Waals surface area contributed by atoms with E-state index in [4.69, 9.17) is 10.8 Å². The Morgan fingerprint density at radius 1 is 1.55 bits per heavy atom. The summed E-state index contributed by atoms with van der Waals surface area (Å²) in [6.45, 7) is 1.66. The van der Waals surface area contributed by atoms with E-state index < -0.39 is 5.82 Å². The molecule has 1 atom stereocenters. The lowest BCUT2D eigenvalue weighted by Crippen LogP contribution is -2.06. The molecule has 1 unspecified atom stereocenters. The number of aromatic hydroxyl groups is 1. The Bertz CT molecular complexity index is 260. The minimum Gasteiger partial charge on any atom is -0.505 e. The minimum absolute atomic E-state index is 0.338. The minimum atomic E-state index is -0.623. The summed E-state index contributed by atoms with van der Waals surface area (Å²) >= 11 is 0. The average molecular weight is 155 g/mol. The number of hydrogen-bond acceptors (Lipinski definition) is 2. The summed E-state index contributed by atoms with van der Waals surface area (Å²) in [5.41, 5.74) is 5.77. The predicted molar refractivity (Wildman–Crippen MR) is 40.7 cm³/mol. The molecule has 0 saturated carbocycles. The van der Waals surface area contributed by atoms with Crippen LogP contribution in [0.1, 0.15) is 18.5 Å². The van der Waals surface area contributed by atoms with Gasteiger partial charge in [0.1, 0.15) is 0 Å². The summed E-state index contributed by atoms with van der Waals surface area (Å²) in [5, 5.41) is 8.92. The summed E-state index contributed by atoms with van der Waals surface area (Å²) in [5.74, 6) is -0.970. The molecule has 11 heavy (non-hydrogen) atoms. The van der Waals surface area contributed by atoms with Crippen molar-refractivity contribution in [3.63, 3.8) is 0 Å². The van der Waals surface area contributed by atoms with E-state index in [1.165, 1.54) is 6.07 Å². The third-order valence-corrected chi connectivity index (χ3v) is 1.50. The van der Waals surface area contributed by atoms with Crippen LogP contribution < -0.4 is 5.73 Å². The van der Waals surface area contributed by atoms with Crippen LogP contribution in [0.4, 0.5) is 4.39 Å². The molecule has 0 radical (unpaired) electrons. The van der Waals surface area contributed by atoms with Crippen LogP contribution in [-0.4, -0.2) is 5.11 Å². The quantitative estimate of drug-likeness (QED) is 0.646. The van der Waals surface area contributed by atoms with Crippen LogP contribution in [-0.2, 0) is 0 Å². The van der Waals surface area contributed by atoms with Crippen molar-refractivity contribution < 1.29 is 9.50 Å². The zero-order chi connectivity index (χ0) is 8.43. The molecule has 0 aromatic heterocycles. The van der Waals surface area contributed by atoms with E-state index >= 15 is 0 Å². The summed E-state index contributed by atoms with van der Waals surface area (Å²) < 4.78 is 12.9. The second-order valence-electron chi connectivity index (χ2n) is 2.47. The Balaban J connectivity index is 3.17. The zero-order valence-electron chi connectivity index (χ0n) is 6.21. The first-order valence-electron chi connectivity index (χ1n) is 3.36. The summed E-state index contributed by atoms with van der Waals surface area (Å²) in [6, 6.07) is 4.03. The first kappa shape index (κ1) is 8.01. The molecule has 0 aliphatic carbocycles. The second-order valence-corrected chi connectivity index (χ2v) is 2.47. The van der Waals surface area contributed by atoms with Gasteiger partial charge in [0.15, 0.2) is 11.6 Å². The molecule has 0 heterocycles. The Morgan fingerprint density at radius 2 is 2.18 bits per heavy atom. The molecular weight excluding hydrogens is 145 g/mol. The van der Waals surface area contributed by atoms with E-state index in [2.05, 4.69) is 0 Å². The van der Waals surface area contributed by atoms with Gasteiger partial charge in [-0.25, -0.2) is 4.39 Å². The fourth-order valence-electron chi connectivity index (χ4n) is 0.889. The Hall–Kier alpha value is -1.09. The largest absolute Gasteiger partial charge is 0.505 e. The summed E-state index contributed by atoms with van der Waals surface area (Å²) in [4.78, 5) is 0. The maximum absolute atomic E-state index is 12.9. The first-order chi connectivity index (χ1) is 5.13. The molecule has 1 aromatic rings. The van der Waals surface area contributed by atoms with Crippen molar-refractivity contribution in [1.29, 1.82) is 0 Å². The molecule has 0 aliphatic heterocycles. The molecule has 0 spiro atoms. The van der Waals surface area contributed by atoms with Crippen LogP contribution in [0.2, 0.25) is 0 Å². The van der Waals surface area contributed by atoms with Gasteiger partial charge in [0, 0.05) is 11.6 Å². The predicted octanol–water partition coefficient (Wildman–Crippen LogP) is 1.55. The van der Waals surface area contributed by atoms with Gasteiger partial charge in [-0.1, -0.05) is 12.1 Å². The Kier molecular flexibility index (Phi) is 2.10. The van der Waals surface area contributed by atoms with Crippen LogP contribution in [0.25, 0.3) is 0 Å². The number of phenolic OH excluding ortho intramolecular Hbond substituents is 1. The fraction of sp³-hybridized carbons (Fsp3) is 0.250. The van der Waals surface area contributed by atoms with Gasteiger partial charge in [-0.15, -0.1) is 0 Å². The normalized spacial score (nSPS) is 13.0. The van der Waals surface area contributed by atoms with E-state index in [0.29, 0.717) is 5.56 Å². The van der Waals surface area contributed by atoms with Crippen LogP contribution in [0, 0.1) is 5.82 Å². The molecule has 3 N–H and O–H groups in total. The van der Waals surface area contributed by atoms with Gasteiger partial charge in [0.05, 0.1) is 0 Å². The lowest BCUT2D eigenvalue weighted by Gasteiger charge is -2.06. The number of phenols is 1. The van der Waals surface area contributed by atoms with Gasteiger partial charge >= 0.3 is 0 Å². The third kappa shape index (κ3) is 1.49. The Morgan fingerprint density at radius 3 is 2.64 bits per heavy atom. The molecule has 1 aromatic carbocycles. The van der Waals surface area contributed by atoms with Gasteiger partial charge in [-0.3, -0.25) is 0 Å². The van der Waals surface area contributed by atoms with Crippen molar-refractivity contribution in [2.45, 2.75) is 13.0 Å². The Labute approximate surface area is 64.5 Å². The number of rotatable bonds is 1. The van der Waals surface area contributed by atoms with Crippen molar-refractivity contribution in [1.82, 2.24) is 0 Å². The lowest BCUT2D eigenvalue weighted by atomic mass is 10.1. The molecule has 2 nitrogen and oxygen atoms in total. The van der Waals surface area contributed by atoms with Crippen LogP contribution in [0.15, 0.2) is 18.2 Å². The van der Waals surface area contributed by atoms with E-state index in [-0.39, 0.29) is 11.8 Å². The molecular formula is C8H10FNO. The third-order valence-electron chi connectivity index (χ3n) is 1.50. The van der Waals surface area contributed by atoms with E-state index in [9.17, 15) is 4.39 Å². The highest BCUT2D eigenvalue weighted by Crippen LogP contribution is 2.22. The van der Waals surface area contributed by atoms with Crippen molar-refractivity contribution in [2.24, 2.45) is 5.73 Å². The van der Waals surface area contributed by atoms with E-state index in [0.717, 1.165) is 0 Å². The highest BCUT2D eigenvalue weighted by molar-refractivity contribution is 5.31. The monoisotopic (exact) mass is 155 g/mol. The maximum Gasteiger partial charge on any atom is 0.169 e. The zero-order valence-corrected chi connectivity index (χ0v) is 6.21. The summed E-state index contributed by atoms with van der Waals surface area (Å²) in [6.07, 6.45) is 0. The van der Waals surface area contributed by atoms with Gasteiger partial charge in [0.25, 0.3) is 0 Å². The van der Waals surface area contributed by atoms with Crippen LogP contribution in [0.5, 0.6) is 5.75 Å². The number of halogens is 1. The molecule has 60 valence electrons. The molecule has 0 bridgehead atoms. The van der Waals surface area contributed by atoms with E-state index in [1.807, 2.05) is 0 Å². The topological polar surface area (TPSA) is 46.2 Å². The molecule has 0 aliphatic rings. The number of benzene rings is 1. The van der Waals surface area contributed by atoms with Gasteiger partial charge in [-0.2, -0.15) is 0 Å².